The lowest BCUT2D eigenvalue weighted by molar-refractivity contribution is -0.116. The largest absolute Gasteiger partial charge is 0.300 e. The molecule has 0 saturated heterocycles. The summed E-state index contributed by atoms with van der Waals surface area (Å²) in [5, 5.41) is 9.04. The van der Waals surface area contributed by atoms with Crippen LogP contribution in [-0.4, -0.2) is 17.2 Å². The van der Waals surface area contributed by atoms with Gasteiger partial charge in [0.05, 0.1) is 5.71 Å². The molecule has 2 aliphatic carbocycles. The van der Waals surface area contributed by atoms with Gasteiger partial charge < -0.3 is 0 Å². The van der Waals surface area contributed by atoms with Gasteiger partial charge in [0.2, 0.25) is 0 Å². The second-order valence-electron chi connectivity index (χ2n) is 7.19. The summed E-state index contributed by atoms with van der Waals surface area (Å²) in [6, 6.07) is 8.37. The minimum atomic E-state index is 0.205. The fourth-order valence-electron chi connectivity index (χ4n) is 4.88. The van der Waals surface area contributed by atoms with Crippen molar-refractivity contribution in [2.24, 2.45) is 33.9 Å². The molecule has 2 fully saturated rings. The predicted molar refractivity (Wildman–Crippen MR) is 99.6 cm³/mol. The SMILES string of the molecule is CC.CC(=O)Cc1ccc(C2=NN=C(C)C3C4CCC(C4)C23)cc1. The molecule has 0 radical (unpaired) electrons. The number of carbonyl (C=O) groups excluding carboxylic acids is 1. The summed E-state index contributed by atoms with van der Waals surface area (Å²) in [5.41, 5.74) is 4.68. The van der Waals surface area contributed by atoms with Crippen LogP contribution in [0.1, 0.15) is 58.1 Å². The number of Topliss-reactive ketones (excluding diaryl/α,β-unsaturated/α-hetero) is 1. The maximum absolute atomic E-state index is 11.2. The first-order valence-corrected chi connectivity index (χ1v) is 9.34. The predicted octanol–water partition coefficient (Wildman–Crippen LogP) is 4.69. The van der Waals surface area contributed by atoms with Crippen LogP contribution in [0.25, 0.3) is 0 Å². The molecule has 0 spiro atoms. The van der Waals surface area contributed by atoms with Crippen LogP contribution in [-0.2, 0) is 11.2 Å². The van der Waals surface area contributed by atoms with Gasteiger partial charge in [-0.15, -0.1) is 0 Å². The molecule has 1 aromatic rings. The lowest BCUT2D eigenvalue weighted by Crippen LogP contribution is -2.36. The lowest BCUT2D eigenvalue weighted by Gasteiger charge is -2.34. The molecular weight excluding hydrogens is 296 g/mol. The molecule has 2 saturated carbocycles. The summed E-state index contributed by atoms with van der Waals surface area (Å²) >= 11 is 0. The summed E-state index contributed by atoms with van der Waals surface area (Å²) in [7, 11) is 0. The Morgan fingerprint density at radius 1 is 1.04 bits per heavy atom. The maximum Gasteiger partial charge on any atom is 0.134 e. The number of ketones is 1. The maximum atomic E-state index is 11.2. The average molecular weight is 324 g/mol. The number of nitrogens with zero attached hydrogens (tertiary/aromatic N) is 2. The summed E-state index contributed by atoms with van der Waals surface area (Å²) in [5.74, 6) is 2.99. The molecule has 4 atom stereocenters. The van der Waals surface area contributed by atoms with Crippen molar-refractivity contribution in [2.75, 3.05) is 0 Å². The first-order chi connectivity index (χ1) is 11.6. The molecule has 128 valence electrons. The summed E-state index contributed by atoms with van der Waals surface area (Å²) in [4.78, 5) is 11.2. The first kappa shape index (κ1) is 17.1. The monoisotopic (exact) mass is 324 g/mol. The van der Waals surface area contributed by atoms with E-state index in [-0.39, 0.29) is 5.78 Å². The Morgan fingerprint density at radius 2 is 1.67 bits per heavy atom. The molecule has 3 nitrogen and oxygen atoms in total. The highest BCUT2D eigenvalue weighted by Gasteiger charge is 2.51. The van der Waals surface area contributed by atoms with Crippen LogP contribution in [0.2, 0.25) is 0 Å². The molecule has 2 bridgehead atoms. The Labute approximate surface area is 145 Å². The second-order valence-corrected chi connectivity index (χ2v) is 7.19. The minimum absolute atomic E-state index is 0.205. The van der Waals surface area contributed by atoms with Crippen LogP contribution in [0.5, 0.6) is 0 Å². The highest BCUT2D eigenvalue weighted by molar-refractivity contribution is 6.07. The number of hydrogen-bond acceptors (Lipinski definition) is 3. The third kappa shape index (κ3) is 2.97. The molecule has 4 unspecified atom stereocenters. The topological polar surface area (TPSA) is 41.8 Å². The minimum Gasteiger partial charge on any atom is -0.300 e. The van der Waals surface area contributed by atoms with Gasteiger partial charge in [-0.3, -0.25) is 4.79 Å². The van der Waals surface area contributed by atoms with Crippen molar-refractivity contribution in [1.82, 2.24) is 0 Å². The number of rotatable bonds is 3. The van der Waals surface area contributed by atoms with E-state index in [1.165, 1.54) is 36.2 Å². The quantitative estimate of drug-likeness (QED) is 0.795. The van der Waals surface area contributed by atoms with Crippen LogP contribution < -0.4 is 0 Å². The fraction of sp³-hybridized carbons (Fsp3) is 0.571. The number of hydrogen-bond donors (Lipinski definition) is 0. The zero-order chi connectivity index (χ0) is 17.3. The van der Waals surface area contributed by atoms with Crippen molar-refractivity contribution in [1.29, 1.82) is 0 Å². The molecule has 1 aliphatic heterocycles. The van der Waals surface area contributed by atoms with Crippen molar-refractivity contribution in [3.63, 3.8) is 0 Å². The third-order valence-corrected chi connectivity index (χ3v) is 5.73. The summed E-state index contributed by atoms with van der Waals surface area (Å²) in [6.45, 7) is 7.78. The van der Waals surface area contributed by atoms with E-state index in [9.17, 15) is 4.79 Å². The van der Waals surface area contributed by atoms with Crippen molar-refractivity contribution in [3.8, 4) is 0 Å². The van der Waals surface area contributed by atoms with Gasteiger partial charge in [-0.1, -0.05) is 38.1 Å². The smallest absolute Gasteiger partial charge is 0.134 e. The van der Waals surface area contributed by atoms with Gasteiger partial charge in [0, 0.05) is 24.0 Å². The van der Waals surface area contributed by atoms with Gasteiger partial charge in [0.1, 0.15) is 5.78 Å². The van der Waals surface area contributed by atoms with Crippen LogP contribution in [0.3, 0.4) is 0 Å². The van der Waals surface area contributed by atoms with Crippen molar-refractivity contribution in [2.45, 2.75) is 53.4 Å². The molecule has 3 aliphatic rings. The fourth-order valence-corrected chi connectivity index (χ4v) is 4.88. The molecule has 1 heterocycles. The van der Waals surface area contributed by atoms with Crippen LogP contribution in [0.4, 0.5) is 0 Å². The van der Waals surface area contributed by atoms with E-state index >= 15 is 0 Å². The molecule has 0 aromatic heterocycles. The van der Waals surface area contributed by atoms with E-state index in [1.807, 2.05) is 13.8 Å². The lowest BCUT2D eigenvalue weighted by atomic mass is 9.72. The van der Waals surface area contributed by atoms with E-state index in [2.05, 4.69) is 41.4 Å². The van der Waals surface area contributed by atoms with E-state index in [4.69, 9.17) is 0 Å². The Hall–Kier alpha value is -1.77. The molecule has 24 heavy (non-hydrogen) atoms. The van der Waals surface area contributed by atoms with Crippen molar-refractivity contribution < 1.29 is 4.79 Å². The van der Waals surface area contributed by atoms with Crippen molar-refractivity contribution >= 4 is 17.2 Å². The van der Waals surface area contributed by atoms with Crippen LogP contribution in [0, 0.1) is 23.7 Å². The Balaban J connectivity index is 0.000000815. The van der Waals surface area contributed by atoms with Gasteiger partial charge >= 0.3 is 0 Å². The van der Waals surface area contributed by atoms with Gasteiger partial charge in [0.25, 0.3) is 0 Å². The number of benzene rings is 1. The number of fused-ring (bicyclic) bond motifs is 5. The molecule has 0 amide bonds. The van der Waals surface area contributed by atoms with E-state index < -0.39 is 0 Å². The number of carbonyl (C=O) groups is 1. The molecule has 4 rings (SSSR count). The van der Waals surface area contributed by atoms with Gasteiger partial charge in [0.15, 0.2) is 0 Å². The molecule has 3 heteroatoms. The van der Waals surface area contributed by atoms with Gasteiger partial charge in [-0.2, -0.15) is 10.2 Å². The first-order valence-electron chi connectivity index (χ1n) is 9.34. The van der Waals surface area contributed by atoms with E-state index in [0.29, 0.717) is 18.3 Å². The summed E-state index contributed by atoms with van der Waals surface area (Å²) in [6.07, 6.45) is 4.58. The van der Waals surface area contributed by atoms with Gasteiger partial charge in [-0.25, -0.2) is 0 Å². The van der Waals surface area contributed by atoms with Crippen LogP contribution in [0.15, 0.2) is 34.5 Å². The van der Waals surface area contributed by atoms with Gasteiger partial charge in [-0.05, 0) is 56.1 Å². The van der Waals surface area contributed by atoms with Crippen molar-refractivity contribution in [3.05, 3.63) is 35.4 Å². The van der Waals surface area contributed by atoms with E-state index in [1.54, 1.807) is 6.92 Å². The normalized spacial score (nSPS) is 30.0. The highest BCUT2D eigenvalue weighted by atomic mass is 16.1. The summed E-state index contributed by atoms with van der Waals surface area (Å²) < 4.78 is 0. The second kappa shape index (κ2) is 7.00. The standard InChI is InChI=1S/C19H22N2O.C2H6/c1-11(22)9-13-3-5-14(6-4-13)19-18-16-8-7-15(10-16)17(18)12(2)20-21-19;1-2/h3-6,15-18H,7-10H2,1-2H3;1-2H3. The highest BCUT2D eigenvalue weighted by Crippen LogP contribution is 2.54. The third-order valence-electron chi connectivity index (χ3n) is 5.73. The van der Waals surface area contributed by atoms with E-state index in [0.717, 1.165) is 17.4 Å². The molecule has 0 N–H and O–H groups in total. The Morgan fingerprint density at radius 3 is 2.29 bits per heavy atom. The molecular formula is C21H28N2O. The molecule has 1 aromatic carbocycles. The Kier molecular flexibility index (Phi) is 4.98. The average Bonchev–Trinajstić information content (AvgIpc) is 3.20. The zero-order valence-electron chi connectivity index (χ0n) is 15.2. The van der Waals surface area contributed by atoms with Crippen LogP contribution >= 0.6 is 0 Å². The Bertz CT molecular complexity index is 672. The zero-order valence-corrected chi connectivity index (χ0v) is 15.2.